The Morgan fingerprint density at radius 3 is 2.59 bits per heavy atom. The molecule has 0 heterocycles. The zero-order valence-corrected chi connectivity index (χ0v) is 9.82. The highest BCUT2D eigenvalue weighted by Crippen LogP contribution is 2.29. The number of anilines is 1. The van der Waals surface area contributed by atoms with Gasteiger partial charge >= 0.3 is 0 Å². The van der Waals surface area contributed by atoms with Crippen molar-refractivity contribution in [3.63, 3.8) is 0 Å². The SMILES string of the molecule is NCCCCNc1cccc2c(O)cccc12. The van der Waals surface area contributed by atoms with Crippen molar-refractivity contribution in [1.82, 2.24) is 0 Å². The molecule has 0 atom stereocenters. The lowest BCUT2D eigenvalue weighted by atomic mass is 10.1. The second-order valence-electron chi connectivity index (χ2n) is 4.10. The van der Waals surface area contributed by atoms with Gasteiger partial charge in [-0.3, -0.25) is 0 Å². The number of rotatable bonds is 5. The first kappa shape index (κ1) is 11.7. The van der Waals surface area contributed by atoms with E-state index in [2.05, 4.69) is 5.32 Å². The lowest BCUT2D eigenvalue weighted by Gasteiger charge is -2.10. The van der Waals surface area contributed by atoms with Gasteiger partial charge in [0.05, 0.1) is 0 Å². The first-order valence-electron chi connectivity index (χ1n) is 5.97. The minimum Gasteiger partial charge on any atom is -0.507 e. The zero-order valence-electron chi connectivity index (χ0n) is 9.82. The monoisotopic (exact) mass is 230 g/mol. The maximum atomic E-state index is 9.76. The Morgan fingerprint density at radius 2 is 1.76 bits per heavy atom. The second-order valence-corrected chi connectivity index (χ2v) is 4.10. The topological polar surface area (TPSA) is 58.3 Å². The largest absolute Gasteiger partial charge is 0.507 e. The summed E-state index contributed by atoms with van der Waals surface area (Å²) in [5.41, 5.74) is 6.52. The maximum absolute atomic E-state index is 9.76. The first-order chi connectivity index (χ1) is 8.33. The van der Waals surface area contributed by atoms with E-state index in [1.807, 2.05) is 30.3 Å². The van der Waals surface area contributed by atoms with Crippen LogP contribution in [-0.4, -0.2) is 18.2 Å². The molecule has 0 bridgehead atoms. The number of aromatic hydroxyl groups is 1. The summed E-state index contributed by atoms with van der Waals surface area (Å²) in [6.07, 6.45) is 2.09. The Balaban J connectivity index is 2.19. The van der Waals surface area contributed by atoms with Crippen molar-refractivity contribution >= 4 is 16.5 Å². The number of fused-ring (bicyclic) bond motifs is 1. The molecule has 17 heavy (non-hydrogen) atoms. The average molecular weight is 230 g/mol. The Kier molecular flexibility index (Phi) is 3.83. The smallest absolute Gasteiger partial charge is 0.123 e. The molecule has 0 fully saturated rings. The van der Waals surface area contributed by atoms with Crippen molar-refractivity contribution in [3.05, 3.63) is 36.4 Å². The van der Waals surface area contributed by atoms with Gasteiger partial charge in [-0.1, -0.05) is 24.3 Å². The van der Waals surface area contributed by atoms with Crippen molar-refractivity contribution in [3.8, 4) is 5.75 Å². The quantitative estimate of drug-likeness (QED) is 0.692. The van der Waals surface area contributed by atoms with Gasteiger partial charge in [-0.05, 0) is 31.5 Å². The summed E-state index contributed by atoms with van der Waals surface area (Å²) in [5.74, 6) is 0.327. The third-order valence-corrected chi connectivity index (χ3v) is 2.85. The Hall–Kier alpha value is -1.74. The molecule has 0 saturated heterocycles. The van der Waals surface area contributed by atoms with Crippen LogP contribution in [0, 0.1) is 0 Å². The van der Waals surface area contributed by atoms with Gasteiger partial charge in [0.15, 0.2) is 0 Å². The van der Waals surface area contributed by atoms with Gasteiger partial charge in [-0.25, -0.2) is 0 Å². The van der Waals surface area contributed by atoms with Crippen LogP contribution in [0.25, 0.3) is 10.8 Å². The Bertz CT molecular complexity index is 497. The van der Waals surface area contributed by atoms with Gasteiger partial charge < -0.3 is 16.2 Å². The van der Waals surface area contributed by atoms with Crippen LogP contribution in [0.3, 0.4) is 0 Å². The van der Waals surface area contributed by atoms with Gasteiger partial charge in [0.2, 0.25) is 0 Å². The molecule has 90 valence electrons. The highest BCUT2D eigenvalue weighted by molar-refractivity contribution is 5.97. The molecule has 0 saturated carbocycles. The molecule has 2 aromatic rings. The normalized spacial score (nSPS) is 10.6. The summed E-state index contributed by atoms with van der Waals surface area (Å²) >= 11 is 0. The van der Waals surface area contributed by atoms with Crippen LogP contribution in [0.5, 0.6) is 5.75 Å². The third kappa shape index (κ3) is 2.68. The fraction of sp³-hybridized carbons (Fsp3) is 0.286. The lowest BCUT2D eigenvalue weighted by Crippen LogP contribution is -2.05. The van der Waals surface area contributed by atoms with E-state index in [4.69, 9.17) is 5.73 Å². The number of phenols is 1. The van der Waals surface area contributed by atoms with E-state index in [9.17, 15) is 5.11 Å². The van der Waals surface area contributed by atoms with E-state index in [1.54, 1.807) is 6.07 Å². The number of hydrogen-bond acceptors (Lipinski definition) is 3. The van der Waals surface area contributed by atoms with Crippen LogP contribution in [0.4, 0.5) is 5.69 Å². The molecule has 3 heteroatoms. The second kappa shape index (κ2) is 5.55. The van der Waals surface area contributed by atoms with E-state index in [0.29, 0.717) is 5.75 Å². The summed E-state index contributed by atoms with van der Waals surface area (Å²) in [7, 11) is 0. The van der Waals surface area contributed by atoms with Crippen LogP contribution >= 0.6 is 0 Å². The van der Waals surface area contributed by atoms with Gasteiger partial charge in [0.1, 0.15) is 5.75 Å². The van der Waals surface area contributed by atoms with Crippen LogP contribution < -0.4 is 11.1 Å². The number of phenolic OH excluding ortho intramolecular Hbond substituents is 1. The predicted molar refractivity (Wildman–Crippen MR) is 72.4 cm³/mol. The van der Waals surface area contributed by atoms with Crippen molar-refractivity contribution in [2.75, 3.05) is 18.4 Å². The standard InChI is InChI=1S/C14H18N2O/c15-9-1-2-10-16-13-7-3-6-12-11(13)5-4-8-14(12)17/h3-8,16-17H,1-2,9-10,15H2. The van der Waals surface area contributed by atoms with Crippen molar-refractivity contribution in [2.24, 2.45) is 5.73 Å². The lowest BCUT2D eigenvalue weighted by molar-refractivity contribution is 0.481. The summed E-state index contributed by atoms with van der Waals surface area (Å²) < 4.78 is 0. The Labute approximate surface area is 101 Å². The molecular weight excluding hydrogens is 212 g/mol. The van der Waals surface area contributed by atoms with Crippen molar-refractivity contribution < 1.29 is 5.11 Å². The molecule has 0 unspecified atom stereocenters. The van der Waals surface area contributed by atoms with Crippen molar-refractivity contribution in [2.45, 2.75) is 12.8 Å². The van der Waals surface area contributed by atoms with Gasteiger partial charge in [0.25, 0.3) is 0 Å². The molecule has 0 spiro atoms. The highest BCUT2D eigenvalue weighted by atomic mass is 16.3. The summed E-state index contributed by atoms with van der Waals surface area (Å²) in [6, 6.07) is 11.5. The maximum Gasteiger partial charge on any atom is 0.123 e. The average Bonchev–Trinajstić information content (AvgIpc) is 2.36. The summed E-state index contributed by atoms with van der Waals surface area (Å²) in [4.78, 5) is 0. The minimum atomic E-state index is 0.327. The Morgan fingerprint density at radius 1 is 1.00 bits per heavy atom. The molecule has 2 rings (SSSR count). The number of hydrogen-bond donors (Lipinski definition) is 3. The predicted octanol–water partition coefficient (Wildman–Crippen LogP) is 2.70. The van der Waals surface area contributed by atoms with Crippen LogP contribution in [0.1, 0.15) is 12.8 Å². The highest BCUT2D eigenvalue weighted by Gasteiger charge is 2.02. The summed E-state index contributed by atoms with van der Waals surface area (Å²) in [5, 5.41) is 15.1. The van der Waals surface area contributed by atoms with E-state index in [-0.39, 0.29) is 0 Å². The van der Waals surface area contributed by atoms with Crippen molar-refractivity contribution in [1.29, 1.82) is 0 Å². The minimum absolute atomic E-state index is 0.327. The molecular formula is C14H18N2O. The van der Waals surface area contributed by atoms with Gasteiger partial charge in [-0.15, -0.1) is 0 Å². The number of unbranched alkanes of at least 4 members (excludes halogenated alkanes) is 1. The molecule has 0 aliphatic carbocycles. The number of nitrogens with two attached hydrogens (primary N) is 1. The van der Waals surface area contributed by atoms with E-state index < -0.39 is 0 Å². The molecule has 3 nitrogen and oxygen atoms in total. The van der Waals surface area contributed by atoms with Crippen LogP contribution in [0.2, 0.25) is 0 Å². The first-order valence-corrected chi connectivity index (χ1v) is 5.97. The molecule has 0 aliphatic heterocycles. The molecule has 0 radical (unpaired) electrons. The molecule has 0 amide bonds. The molecule has 0 aliphatic rings. The molecule has 4 N–H and O–H groups in total. The fourth-order valence-electron chi connectivity index (χ4n) is 1.94. The van der Waals surface area contributed by atoms with E-state index >= 15 is 0 Å². The van der Waals surface area contributed by atoms with E-state index in [0.717, 1.165) is 42.4 Å². The number of benzene rings is 2. The van der Waals surface area contributed by atoms with Gasteiger partial charge in [0, 0.05) is 23.0 Å². The molecule has 2 aromatic carbocycles. The summed E-state index contributed by atoms with van der Waals surface area (Å²) in [6.45, 7) is 1.64. The fourth-order valence-corrected chi connectivity index (χ4v) is 1.94. The zero-order chi connectivity index (χ0) is 12.1. The van der Waals surface area contributed by atoms with Gasteiger partial charge in [-0.2, -0.15) is 0 Å². The van der Waals surface area contributed by atoms with Crippen LogP contribution in [-0.2, 0) is 0 Å². The third-order valence-electron chi connectivity index (χ3n) is 2.85. The van der Waals surface area contributed by atoms with E-state index in [1.165, 1.54) is 0 Å². The van der Waals surface area contributed by atoms with Crippen LogP contribution in [0.15, 0.2) is 36.4 Å². The molecule has 0 aromatic heterocycles. The number of nitrogens with one attached hydrogen (secondary N) is 1.